The van der Waals surface area contributed by atoms with Crippen LogP contribution in [0.4, 0.5) is 10.1 Å². The number of amides is 2. The zero-order valence-corrected chi connectivity index (χ0v) is 23.3. The van der Waals surface area contributed by atoms with Crippen LogP contribution in [-0.4, -0.2) is 54.4 Å². The number of benzene rings is 3. The van der Waals surface area contributed by atoms with Gasteiger partial charge >= 0.3 is 5.97 Å². The number of pyridine rings is 1. The maximum atomic E-state index is 13.8. The van der Waals surface area contributed by atoms with E-state index in [-0.39, 0.29) is 28.7 Å². The second-order valence-electron chi connectivity index (χ2n) is 10.9. The number of piperidine rings is 1. The molecule has 0 N–H and O–H groups in total. The van der Waals surface area contributed by atoms with E-state index in [0.717, 1.165) is 35.2 Å². The van der Waals surface area contributed by atoms with Crippen molar-refractivity contribution in [1.82, 2.24) is 9.88 Å². The highest BCUT2D eigenvalue weighted by molar-refractivity contribution is 6.07. The molecule has 0 atom stereocenters. The summed E-state index contributed by atoms with van der Waals surface area (Å²) >= 11 is 0. The molecule has 42 heavy (non-hydrogen) atoms. The largest absolute Gasteiger partial charge is 0.464 e. The molecule has 0 unspecified atom stereocenters. The Kier molecular flexibility index (Phi) is 7.29. The van der Waals surface area contributed by atoms with E-state index in [2.05, 4.69) is 15.8 Å². The summed E-state index contributed by atoms with van der Waals surface area (Å²) in [7, 11) is 1.29. The van der Waals surface area contributed by atoms with Crippen LogP contribution < -0.4 is 4.90 Å². The van der Waals surface area contributed by atoms with Crippen molar-refractivity contribution >= 4 is 23.5 Å². The van der Waals surface area contributed by atoms with Crippen molar-refractivity contribution in [3.63, 3.8) is 0 Å². The highest BCUT2D eigenvalue weighted by Gasteiger charge is 2.47. The lowest BCUT2D eigenvalue weighted by Gasteiger charge is -2.40. The minimum atomic E-state index is -0.547. The number of hydrogen-bond donors (Lipinski definition) is 0. The number of nitrogens with zero attached hydrogens (tertiary/aromatic N) is 3. The summed E-state index contributed by atoms with van der Waals surface area (Å²) in [5.41, 5.74) is 5.06. The van der Waals surface area contributed by atoms with Crippen LogP contribution in [0.2, 0.25) is 0 Å². The number of halogens is 1. The molecule has 8 heteroatoms. The molecule has 1 fully saturated rings. The fourth-order valence-electron chi connectivity index (χ4n) is 6.06. The summed E-state index contributed by atoms with van der Waals surface area (Å²) in [5, 5.41) is 0. The van der Waals surface area contributed by atoms with Gasteiger partial charge in [0.2, 0.25) is 0 Å². The predicted molar refractivity (Wildman–Crippen MR) is 156 cm³/mol. The van der Waals surface area contributed by atoms with E-state index in [1.807, 2.05) is 52.3 Å². The number of ether oxygens (including phenoxy) is 1. The summed E-state index contributed by atoms with van der Waals surface area (Å²) in [4.78, 5) is 46.4. The first-order valence-electron chi connectivity index (χ1n) is 14.0. The van der Waals surface area contributed by atoms with Gasteiger partial charge in [-0.15, -0.1) is 0 Å². The van der Waals surface area contributed by atoms with Crippen LogP contribution >= 0.6 is 0 Å². The van der Waals surface area contributed by atoms with E-state index in [1.54, 1.807) is 18.2 Å². The average molecular weight is 564 g/mol. The van der Waals surface area contributed by atoms with Gasteiger partial charge in [0, 0.05) is 42.5 Å². The van der Waals surface area contributed by atoms with Gasteiger partial charge in [-0.25, -0.2) is 14.2 Å². The van der Waals surface area contributed by atoms with Crippen molar-refractivity contribution < 1.29 is 23.5 Å². The number of hydrogen-bond acceptors (Lipinski definition) is 5. The molecule has 4 aromatic rings. The fraction of sp³-hybridized carbons (Fsp3) is 0.235. The van der Waals surface area contributed by atoms with Gasteiger partial charge in [-0.2, -0.15) is 0 Å². The Morgan fingerprint density at radius 2 is 1.48 bits per heavy atom. The number of aromatic nitrogens is 1. The molecular weight excluding hydrogens is 533 g/mol. The average Bonchev–Trinajstić information content (AvgIpc) is 3.35. The van der Waals surface area contributed by atoms with Crippen molar-refractivity contribution in [2.75, 3.05) is 31.6 Å². The lowest BCUT2D eigenvalue weighted by Crippen LogP contribution is -2.47. The number of likely N-dealkylation sites (tertiary alicyclic amines) is 1. The molecule has 6 rings (SSSR count). The van der Waals surface area contributed by atoms with Crippen LogP contribution in [0.25, 0.3) is 0 Å². The molecule has 2 aliphatic rings. The van der Waals surface area contributed by atoms with Crippen molar-refractivity contribution in [2.24, 2.45) is 0 Å². The maximum absolute atomic E-state index is 13.8. The fourth-order valence-corrected chi connectivity index (χ4v) is 6.06. The smallest absolute Gasteiger partial charge is 0.356 e. The van der Waals surface area contributed by atoms with Crippen molar-refractivity contribution in [2.45, 2.75) is 24.7 Å². The van der Waals surface area contributed by atoms with Crippen LogP contribution in [0.1, 0.15) is 60.7 Å². The van der Waals surface area contributed by atoms with Gasteiger partial charge in [0.05, 0.1) is 12.7 Å². The summed E-state index contributed by atoms with van der Waals surface area (Å²) in [6.45, 7) is 1.65. The van der Waals surface area contributed by atoms with Gasteiger partial charge in [-0.05, 0) is 78.4 Å². The summed E-state index contributed by atoms with van der Waals surface area (Å²) < 4.78 is 17.9. The molecule has 1 aromatic heterocycles. The lowest BCUT2D eigenvalue weighted by atomic mass is 9.74. The number of methoxy groups -OCH3 is 1. The highest BCUT2D eigenvalue weighted by Crippen LogP contribution is 2.47. The van der Waals surface area contributed by atoms with Gasteiger partial charge in [-0.3, -0.25) is 9.59 Å². The molecule has 0 bridgehead atoms. The Bertz CT molecular complexity index is 1630. The molecule has 7 nitrogen and oxygen atoms in total. The Morgan fingerprint density at radius 3 is 2.12 bits per heavy atom. The molecule has 2 aliphatic heterocycles. The Morgan fingerprint density at radius 1 is 0.833 bits per heavy atom. The van der Waals surface area contributed by atoms with Gasteiger partial charge in [0.15, 0.2) is 0 Å². The quantitative estimate of drug-likeness (QED) is 0.303. The molecule has 3 heterocycles. The second kappa shape index (κ2) is 11.2. The Hall–Kier alpha value is -4.85. The van der Waals surface area contributed by atoms with Crippen LogP contribution in [0, 0.1) is 5.82 Å². The first-order chi connectivity index (χ1) is 20.4. The third kappa shape index (κ3) is 5.16. The number of carbonyl (C=O) groups excluding carboxylic acids is 3. The number of esters is 1. The van der Waals surface area contributed by atoms with Crippen LogP contribution in [0.15, 0.2) is 91.1 Å². The topological polar surface area (TPSA) is 79.8 Å². The molecular formula is C34H30FN3O4. The van der Waals surface area contributed by atoms with E-state index < -0.39 is 5.97 Å². The van der Waals surface area contributed by atoms with Gasteiger partial charge < -0.3 is 14.5 Å². The van der Waals surface area contributed by atoms with E-state index >= 15 is 0 Å². The van der Waals surface area contributed by atoms with Crippen LogP contribution in [0.5, 0.6) is 0 Å². The molecule has 0 aliphatic carbocycles. The van der Waals surface area contributed by atoms with E-state index in [0.29, 0.717) is 37.2 Å². The van der Waals surface area contributed by atoms with Gasteiger partial charge in [0.25, 0.3) is 11.8 Å². The molecule has 1 saturated heterocycles. The minimum Gasteiger partial charge on any atom is -0.464 e. The zero-order valence-electron chi connectivity index (χ0n) is 23.3. The normalized spacial score (nSPS) is 15.4. The van der Waals surface area contributed by atoms with Gasteiger partial charge in [-0.1, -0.05) is 42.5 Å². The van der Waals surface area contributed by atoms with Gasteiger partial charge in [0.1, 0.15) is 11.5 Å². The lowest BCUT2D eigenvalue weighted by molar-refractivity contribution is 0.0591. The third-order valence-corrected chi connectivity index (χ3v) is 8.41. The first kappa shape index (κ1) is 27.3. The molecule has 0 saturated carbocycles. The molecule has 3 aromatic carbocycles. The standard InChI is InChI=1S/C34H30FN3O4/c1-42-33(41)29-15-12-26(21-36-29)31(39)37-18-16-34(17-19-37)22-38(30-5-3-2-4-28(30)34)32(40)25-10-6-23(7-11-25)20-24-8-13-27(35)14-9-24/h2-15,21H,16-20,22H2,1H3. The van der Waals surface area contributed by atoms with Crippen molar-refractivity contribution in [3.05, 3.63) is 130 Å². The van der Waals surface area contributed by atoms with Crippen molar-refractivity contribution in [3.8, 4) is 0 Å². The number of anilines is 1. The molecule has 2 amide bonds. The van der Waals surface area contributed by atoms with E-state index in [4.69, 9.17) is 0 Å². The maximum Gasteiger partial charge on any atom is 0.356 e. The highest BCUT2D eigenvalue weighted by atomic mass is 19.1. The second-order valence-corrected chi connectivity index (χ2v) is 10.9. The predicted octanol–water partition coefficient (Wildman–Crippen LogP) is 5.43. The van der Waals surface area contributed by atoms with E-state index in [1.165, 1.54) is 31.5 Å². The monoisotopic (exact) mass is 563 g/mol. The molecule has 212 valence electrons. The molecule has 1 spiro atoms. The minimum absolute atomic E-state index is 0.0528. The number of rotatable bonds is 5. The van der Waals surface area contributed by atoms with Crippen LogP contribution in [-0.2, 0) is 16.6 Å². The summed E-state index contributed by atoms with van der Waals surface area (Å²) in [5.74, 6) is -0.991. The van der Waals surface area contributed by atoms with Crippen molar-refractivity contribution in [1.29, 1.82) is 0 Å². The Balaban J connectivity index is 1.15. The number of para-hydroxylation sites is 1. The summed E-state index contributed by atoms with van der Waals surface area (Å²) in [6, 6.07) is 25.2. The van der Waals surface area contributed by atoms with Crippen LogP contribution in [0.3, 0.4) is 0 Å². The Labute approximate surface area is 243 Å². The molecule has 0 radical (unpaired) electrons. The van der Waals surface area contributed by atoms with E-state index in [9.17, 15) is 18.8 Å². The number of fused-ring (bicyclic) bond motifs is 2. The zero-order chi connectivity index (χ0) is 29.3. The number of carbonyl (C=O) groups is 3. The first-order valence-corrected chi connectivity index (χ1v) is 14.0. The third-order valence-electron chi connectivity index (χ3n) is 8.41. The SMILES string of the molecule is COC(=O)c1ccc(C(=O)N2CCC3(CC2)CN(C(=O)c2ccc(Cc4ccc(F)cc4)cc2)c2ccccc23)cn1. The summed E-state index contributed by atoms with van der Waals surface area (Å²) in [6.07, 6.45) is 3.52.